The minimum absolute atomic E-state index is 0.106. The summed E-state index contributed by atoms with van der Waals surface area (Å²) in [6, 6.07) is 4.34. The van der Waals surface area contributed by atoms with Gasteiger partial charge in [-0.25, -0.2) is 18.5 Å². The third-order valence-corrected chi connectivity index (χ3v) is 4.81. The van der Waals surface area contributed by atoms with Crippen LogP contribution < -0.4 is 9.88 Å². The van der Waals surface area contributed by atoms with Crippen molar-refractivity contribution in [3.63, 3.8) is 0 Å². The Balaban J connectivity index is 2.12. The van der Waals surface area contributed by atoms with Gasteiger partial charge >= 0.3 is 0 Å². The van der Waals surface area contributed by atoms with Gasteiger partial charge in [-0.05, 0) is 25.1 Å². The molecule has 0 radical (unpaired) electrons. The first-order chi connectivity index (χ1) is 9.38. The molecule has 2 rings (SSSR count). The minimum atomic E-state index is -3.87. The van der Waals surface area contributed by atoms with Crippen molar-refractivity contribution in [2.24, 2.45) is 5.14 Å². The van der Waals surface area contributed by atoms with Crippen LogP contribution in [-0.2, 0) is 16.4 Å². The number of rotatable bonds is 5. The second-order valence-electron chi connectivity index (χ2n) is 4.10. The van der Waals surface area contributed by atoms with Crippen molar-refractivity contribution in [3.05, 3.63) is 39.3 Å². The lowest BCUT2D eigenvalue weighted by molar-refractivity contribution is 0.314. The number of thiazole rings is 1. The van der Waals surface area contributed by atoms with Crippen LogP contribution in [0.15, 0.2) is 28.6 Å². The standard InChI is InChI=1S/C12H13ClN2O3S2/c1-8-11(19-7-15-8)4-5-18-10-3-2-9(13)6-12(10)20(14,16)17/h2-3,6-7H,4-5H2,1H3,(H2,14,16,17). The monoisotopic (exact) mass is 332 g/mol. The lowest BCUT2D eigenvalue weighted by Gasteiger charge is -2.10. The van der Waals surface area contributed by atoms with Gasteiger partial charge in [0.1, 0.15) is 10.6 Å². The molecule has 5 nitrogen and oxygen atoms in total. The number of ether oxygens (including phenoxy) is 1. The van der Waals surface area contributed by atoms with Gasteiger partial charge in [0, 0.05) is 16.3 Å². The number of hydrogen-bond acceptors (Lipinski definition) is 5. The molecule has 0 amide bonds. The number of primary sulfonamides is 1. The van der Waals surface area contributed by atoms with Crippen molar-refractivity contribution >= 4 is 33.0 Å². The topological polar surface area (TPSA) is 82.3 Å². The molecular formula is C12H13ClN2O3S2. The highest BCUT2D eigenvalue weighted by Crippen LogP contribution is 2.26. The Bertz CT molecular complexity index is 713. The molecule has 1 aromatic heterocycles. The maximum atomic E-state index is 11.5. The van der Waals surface area contributed by atoms with Crippen molar-refractivity contribution in [1.29, 1.82) is 0 Å². The average Bonchev–Trinajstić information content (AvgIpc) is 2.76. The van der Waals surface area contributed by atoms with Crippen LogP contribution in [0.2, 0.25) is 5.02 Å². The van der Waals surface area contributed by atoms with Gasteiger partial charge in [0.05, 0.1) is 17.8 Å². The molecule has 2 aromatic rings. The van der Waals surface area contributed by atoms with Gasteiger partial charge in [-0.1, -0.05) is 11.6 Å². The highest BCUT2D eigenvalue weighted by Gasteiger charge is 2.16. The molecule has 0 saturated heterocycles. The minimum Gasteiger partial charge on any atom is -0.492 e. The third kappa shape index (κ3) is 3.69. The fourth-order valence-electron chi connectivity index (χ4n) is 1.64. The first-order valence-electron chi connectivity index (χ1n) is 5.72. The number of aromatic nitrogens is 1. The van der Waals surface area contributed by atoms with Crippen LogP contribution in [-0.4, -0.2) is 20.0 Å². The Morgan fingerprint density at radius 1 is 1.45 bits per heavy atom. The fraction of sp³-hybridized carbons (Fsp3) is 0.250. The van der Waals surface area contributed by atoms with E-state index in [-0.39, 0.29) is 10.6 Å². The molecule has 0 unspecified atom stereocenters. The quantitative estimate of drug-likeness (QED) is 0.911. The van der Waals surface area contributed by atoms with Gasteiger partial charge in [0.2, 0.25) is 10.0 Å². The second kappa shape index (κ2) is 6.09. The normalized spacial score (nSPS) is 11.6. The van der Waals surface area contributed by atoms with Crippen LogP contribution in [0.4, 0.5) is 0 Å². The first kappa shape index (κ1) is 15.2. The molecule has 0 atom stereocenters. The molecule has 0 spiro atoms. The van der Waals surface area contributed by atoms with E-state index in [9.17, 15) is 8.42 Å². The van der Waals surface area contributed by atoms with Gasteiger partial charge in [0.15, 0.2) is 0 Å². The van der Waals surface area contributed by atoms with E-state index < -0.39 is 10.0 Å². The zero-order chi connectivity index (χ0) is 14.8. The molecule has 0 aliphatic carbocycles. The molecule has 0 bridgehead atoms. The van der Waals surface area contributed by atoms with E-state index >= 15 is 0 Å². The molecule has 20 heavy (non-hydrogen) atoms. The summed E-state index contributed by atoms with van der Waals surface area (Å²) in [5, 5.41) is 5.43. The second-order valence-corrected chi connectivity index (χ2v) is 7.00. The van der Waals surface area contributed by atoms with E-state index in [4.69, 9.17) is 21.5 Å². The molecule has 0 aliphatic rings. The lowest BCUT2D eigenvalue weighted by Crippen LogP contribution is -2.14. The Labute approximate surface area is 126 Å². The summed E-state index contributed by atoms with van der Waals surface area (Å²) in [5.74, 6) is 0.207. The van der Waals surface area contributed by atoms with Gasteiger partial charge in [-0.3, -0.25) is 0 Å². The van der Waals surface area contributed by atoms with Crippen molar-refractivity contribution in [3.8, 4) is 5.75 Å². The SMILES string of the molecule is Cc1ncsc1CCOc1ccc(Cl)cc1S(N)(=O)=O. The van der Waals surface area contributed by atoms with E-state index in [1.807, 2.05) is 6.92 Å². The van der Waals surface area contributed by atoms with E-state index in [0.717, 1.165) is 10.6 Å². The zero-order valence-electron chi connectivity index (χ0n) is 10.7. The van der Waals surface area contributed by atoms with Crippen molar-refractivity contribution in [1.82, 2.24) is 4.98 Å². The van der Waals surface area contributed by atoms with Gasteiger partial charge in [-0.2, -0.15) is 0 Å². The van der Waals surface area contributed by atoms with Crippen LogP contribution in [0.1, 0.15) is 10.6 Å². The molecule has 0 aliphatic heterocycles. The van der Waals surface area contributed by atoms with E-state index in [2.05, 4.69) is 4.98 Å². The maximum absolute atomic E-state index is 11.5. The van der Waals surface area contributed by atoms with Crippen molar-refractivity contribution in [2.45, 2.75) is 18.2 Å². The summed E-state index contributed by atoms with van der Waals surface area (Å²) in [4.78, 5) is 5.14. The Hall–Kier alpha value is -1.15. The van der Waals surface area contributed by atoms with Crippen molar-refractivity contribution in [2.75, 3.05) is 6.61 Å². The molecule has 0 saturated carbocycles. The number of halogens is 1. The molecular weight excluding hydrogens is 320 g/mol. The van der Waals surface area contributed by atoms with Crippen LogP contribution >= 0.6 is 22.9 Å². The van der Waals surface area contributed by atoms with Crippen LogP contribution in [0.3, 0.4) is 0 Å². The largest absolute Gasteiger partial charge is 0.492 e. The highest BCUT2D eigenvalue weighted by molar-refractivity contribution is 7.89. The summed E-state index contributed by atoms with van der Waals surface area (Å²) < 4.78 is 28.5. The Morgan fingerprint density at radius 2 is 2.20 bits per heavy atom. The average molecular weight is 333 g/mol. The molecule has 1 aromatic carbocycles. The summed E-state index contributed by atoms with van der Waals surface area (Å²) in [5.41, 5.74) is 2.73. The molecule has 1 heterocycles. The number of aryl methyl sites for hydroxylation is 1. The number of sulfonamides is 1. The van der Waals surface area contributed by atoms with E-state index in [1.165, 1.54) is 12.1 Å². The summed E-state index contributed by atoms with van der Waals surface area (Å²) >= 11 is 7.32. The van der Waals surface area contributed by atoms with E-state index in [0.29, 0.717) is 18.1 Å². The first-order valence-corrected chi connectivity index (χ1v) is 8.52. The Morgan fingerprint density at radius 3 is 2.80 bits per heavy atom. The van der Waals surface area contributed by atoms with Gasteiger partial charge in [0.25, 0.3) is 0 Å². The highest BCUT2D eigenvalue weighted by atomic mass is 35.5. The van der Waals surface area contributed by atoms with Crippen LogP contribution in [0.25, 0.3) is 0 Å². The summed E-state index contributed by atoms with van der Waals surface area (Å²) in [6.07, 6.45) is 0.656. The number of nitrogens with two attached hydrogens (primary N) is 1. The van der Waals surface area contributed by atoms with Crippen LogP contribution in [0.5, 0.6) is 5.75 Å². The molecule has 2 N–H and O–H groups in total. The predicted octanol–water partition coefficient (Wildman–Crippen LogP) is 2.37. The molecule has 108 valence electrons. The zero-order valence-corrected chi connectivity index (χ0v) is 13.1. The lowest BCUT2D eigenvalue weighted by atomic mass is 10.3. The Kier molecular flexibility index (Phi) is 4.64. The maximum Gasteiger partial charge on any atom is 0.241 e. The fourth-order valence-corrected chi connectivity index (χ4v) is 3.34. The van der Waals surface area contributed by atoms with Gasteiger partial charge < -0.3 is 4.74 Å². The molecule has 8 heteroatoms. The smallest absolute Gasteiger partial charge is 0.241 e. The predicted molar refractivity (Wildman–Crippen MR) is 78.9 cm³/mol. The van der Waals surface area contributed by atoms with Crippen LogP contribution in [0, 0.1) is 6.92 Å². The summed E-state index contributed by atoms with van der Waals surface area (Å²) in [7, 11) is -3.87. The third-order valence-electron chi connectivity index (χ3n) is 2.64. The molecule has 0 fully saturated rings. The number of nitrogens with zero attached hydrogens (tertiary/aromatic N) is 1. The van der Waals surface area contributed by atoms with Crippen molar-refractivity contribution < 1.29 is 13.2 Å². The van der Waals surface area contributed by atoms with Gasteiger partial charge in [-0.15, -0.1) is 11.3 Å². The summed E-state index contributed by atoms with van der Waals surface area (Å²) in [6.45, 7) is 2.26. The number of benzene rings is 1. The van der Waals surface area contributed by atoms with E-state index in [1.54, 1.807) is 22.9 Å². The number of hydrogen-bond donors (Lipinski definition) is 1.